The number of carbonyl (C=O) groups is 2. The lowest BCUT2D eigenvalue weighted by Gasteiger charge is -2.39. The number of methoxy groups -OCH3 is 1. The van der Waals surface area contributed by atoms with E-state index >= 15 is 0 Å². The Hall–Kier alpha value is -2.93. The van der Waals surface area contributed by atoms with Gasteiger partial charge in [-0.25, -0.2) is 4.79 Å². The summed E-state index contributed by atoms with van der Waals surface area (Å²) in [4.78, 5) is 29.4. The maximum atomic E-state index is 13.3. The number of fused-ring (bicyclic) bond motifs is 1. The largest absolute Gasteiger partial charge is 0.497 e. The molecular weight excluding hydrogens is 430 g/mol. The van der Waals surface area contributed by atoms with Crippen LogP contribution in [0.2, 0.25) is 5.02 Å². The minimum Gasteiger partial charge on any atom is -0.497 e. The Morgan fingerprint density at radius 2 is 1.88 bits per heavy atom. The molecule has 0 radical (unpaired) electrons. The predicted molar refractivity (Wildman–Crippen MR) is 123 cm³/mol. The number of anilines is 1. The summed E-state index contributed by atoms with van der Waals surface area (Å²) in [5.74, 6) is 1.39. The molecule has 0 saturated carbocycles. The van der Waals surface area contributed by atoms with Gasteiger partial charge in [0.1, 0.15) is 17.6 Å². The molecule has 0 aromatic heterocycles. The van der Waals surface area contributed by atoms with Gasteiger partial charge in [-0.2, -0.15) is 0 Å². The molecule has 2 aromatic rings. The van der Waals surface area contributed by atoms with Gasteiger partial charge in [0.05, 0.1) is 19.3 Å². The first-order chi connectivity index (χ1) is 15.4. The molecule has 0 bridgehead atoms. The molecular formula is C24H28ClN3O4. The molecule has 2 heterocycles. The Kier molecular flexibility index (Phi) is 6.74. The number of likely N-dealkylation sites (tertiary alicyclic amines) is 1. The van der Waals surface area contributed by atoms with Gasteiger partial charge in [0.2, 0.25) is 5.91 Å². The zero-order valence-corrected chi connectivity index (χ0v) is 19.1. The van der Waals surface area contributed by atoms with Crippen LogP contribution in [-0.2, 0) is 11.3 Å². The molecule has 1 fully saturated rings. The third-order valence-corrected chi connectivity index (χ3v) is 6.21. The third-order valence-electron chi connectivity index (χ3n) is 5.97. The van der Waals surface area contributed by atoms with Gasteiger partial charge in [-0.1, -0.05) is 23.7 Å². The van der Waals surface area contributed by atoms with Crippen LogP contribution >= 0.6 is 11.6 Å². The zero-order valence-electron chi connectivity index (χ0n) is 18.3. The summed E-state index contributed by atoms with van der Waals surface area (Å²) in [7, 11) is 1.63. The van der Waals surface area contributed by atoms with E-state index in [1.54, 1.807) is 30.2 Å². The van der Waals surface area contributed by atoms with Crippen LogP contribution in [0.1, 0.15) is 25.3 Å². The molecule has 170 valence electrons. The van der Waals surface area contributed by atoms with Crippen molar-refractivity contribution in [2.45, 2.75) is 32.4 Å². The molecule has 1 unspecified atom stereocenters. The Morgan fingerprint density at radius 1 is 1.16 bits per heavy atom. The fourth-order valence-electron chi connectivity index (χ4n) is 4.17. The SMILES string of the molecule is COc1ccc(CNC(=O)C2CCN(C(=O)N3CC(C)Oc4ccc(Cl)cc43)CC2)cc1. The number of nitrogens with one attached hydrogen (secondary N) is 1. The highest BCUT2D eigenvalue weighted by Gasteiger charge is 2.34. The second-order valence-corrected chi connectivity index (χ2v) is 8.70. The normalized spacial score (nSPS) is 18.5. The van der Waals surface area contributed by atoms with E-state index < -0.39 is 0 Å². The van der Waals surface area contributed by atoms with Crippen molar-refractivity contribution in [1.29, 1.82) is 0 Å². The fourth-order valence-corrected chi connectivity index (χ4v) is 4.34. The van der Waals surface area contributed by atoms with Crippen LogP contribution in [0.4, 0.5) is 10.5 Å². The topological polar surface area (TPSA) is 71.1 Å². The maximum absolute atomic E-state index is 13.3. The number of nitrogens with zero attached hydrogens (tertiary/aromatic N) is 2. The Bertz CT molecular complexity index is 974. The number of hydrogen-bond donors (Lipinski definition) is 1. The van der Waals surface area contributed by atoms with E-state index in [2.05, 4.69) is 5.32 Å². The van der Waals surface area contributed by atoms with Crippen molar-refractivity contribution in [3.8, 4) is 11.5 Å². The van der Waals surface area contributed by atoms with Gasteiger partial charge in [-0.3, -0.25) is 9.69 Å². The summed E-state index contributed by atoms with van der Waals surface area (Å²) >= 11 is 6.15. The molecule has 2 aliphatic heterocycles. The number of carbonyl (C=O) groups excluding carboxylic acids is 2. The third kappa shape index (κ3) is 4.93. The van der Waals surface area contributed by atoms with Crippen molar-refractivity contribution in [2.75, 3.05) is 31.6 Å². The molecule has 3 amide bonds. The number of piperidine rings is 1. The maximum Gasteiger partial charge on any atom is 0.324 e. The van der Waals surface area contributed by atoms with Crippen molar-refractivity contribution in [3.63, 3.8) is 0 Å². The van der Waals surface area contributed by atoms with Gasteiger partial charge >= 0.3 is 6.03 Å². The Labute approximate surface area is 193 Å². The summed E-state index contributed by atoms with van der Waals surface area (Å²) < 4.78 is 11.0. The number of rotatable bonds is 4. The quantitative estimate of drug-likeness (QED) is 0.750. The highest BCUT2D eigenvalue weighted by atomic mass is 35.5. The average Bonchev–Trinajstić information content (AvgIpc) is 2.82. The second kappa shape index (κ2) is 9.69. The van der Waals surface area contributed by atoms with Gasteiger partial charge in [-0.05, 0) is 55.7 Å². The average molecular weight is 458 g/mol. The van der Waals surface area contributed by atoms with E-state index in [-0.39, 0.29) is 24.0 Å². The number of benzene rings is 2. The number of amides is 3. The first-order valence-corrected chi connectivity index (χ1v) is 11.3. The first kappa shape index (κ1) is 22.3. The lowest BCUT2D eigenvalue weighted by Crippen LogP contribution is -2.52. The van der Waals surface area contributed by atoms with Crippen molar-refractivity contribution in [3.05, 3.63) is 53.1 Å². The summed E-state index contributed by atoms with van der Waals surface area (Å²) in [5, 5.41) is 3.58. The molecule has 2 aromatic carbocycles. The van der Waals surface area contributed by atoms with Crippen LogP contribution in [0, 0.1) is 5.92 Å². The number of ether oxygens (including phenoxy) is 2. The summed E-state index contributed by atoms with van der Waals surface area (Å²) in [6.07, 6.45) is 1.18. The Balaban J connectivity index is 1.32. The fraction of sp³-hybridized carbons (Fsp3) is 0.417. The standard InChI is InChI=1S/C24H28ClN3O4/c1-16-15-28(21-13-19(25)5-8-22(21)32-16)24(30)27-11-9-18(10-12-27)23(29)26-14-17-3-6-20(31-2)7-4-17/h3-8,13,16,18H,9-12,14-15H2,1-2H3,(H,26,29). The molecule has 1 atom stereocenters. The van der Waals surface area contributed by atoms with E-state index in [1.165, 1.54) is 0 Å². The van der Waals surface area contributed by atoms with E-state index in [4.69, 9.17) is 21.1 Å². The minimum absolute atomic E-state index is 0.0324. The minimum atomic E-state index is -0.103. The van der Waals surface area contributed by atoms with Gasteiger partial charge < -0.3 is 19.7 Å². The number of urea groups is 1. The highest BCUT2D eigenvalue weighted by Crippen LogP contribution is 2.36. The molecule has 4 rings (SSSR count). The molecule has 8 heteroatoms. The van der Waals surface area contributed by atoms with Crippen molar-refractivity contribution >= 4 is 29.2 Å². The molecule has 2 aliphatic rings. The second-order valence-electron chi connectivity index (χ2n) is 8.26. The molecule has 1 N–H and O–H groups in total. The summed E-state index contributed by atoms with van der Waals surface area (Å²) in [5.41, 5.74) is 1.71. The van der Waals surface area contributed by atoms with Crippen LogP contribution in [0.25, 0.3) is 0 Å². The highest BCUT2D eigenvalue weighted by molar-refractivity contribution is 6.31. The van der Waals surface area contributed by atoms with E-state index in [0.717, 1.165) is 11.3 Å². The van der Waals surface area contributed by atoms with Crippen LogP contribution in [0.5, 0.6) is 11.5 Å². The molecule has 0 aliphatic carbocycles. The van der Waals surface area contributed by atoms with Gasteiger partial charge in [0.15, 0.2) is 0 Å². The van der Waals surface area contributed by atoms with E-state index in [0.29, 0.717) is 55.5 Å². The lowest BCUT2D eigenvalue weighted by atomic mass is 9.96. The number of halogens is 1. The summed E-state index contributed by atoms with van der Waals surface area (Å²) in [6.45, 7) is 3.97. The lowest BCUT2D eigenvalue weighted by molar-refractivity contribution is -0.126. The monoisotopic (exact) mass is 457 g/mol. The van der Waals surface area contributed by atoms with E-state index in [9.17, 15) is 9.59 Å². The molecule has 32 heavy (non-hydrogen) atoms. The Morgan fingerprint density at radius 3 is 2.56 bits per heavy atom. The molecule has 1 saturated heterocycles. The molecule has 0 spiro atoms. The van der Waals surface area contributed by atoms with Crippen LogP contribution in [-0.4, -0.2) is 49.7 Å². The smallest absolute Gasteiger partial charge is 0.324 e. The van der Waals surface area contributed by atoms with Gasteiger partial charge in [0, 0.05) is 30.6 Å². The van der Waals surface area contributed by atoms with Crippen molar-refractivity contribution in [2.24, 2.45) is 5.92 Å². The van der Waals surface area contributed by atoms with Crippen LogP contribution in [0.3, 0.4) is 0 Å². The molecule has 7 nitrogen and oxygen atoms in total. The van der Waals surface area contributed by atoms with Crippen molar-refractivity contribution in [1.82, 2.24) is 10.2 Å². The van der Waals surface area contributed by atoms with E-state index in [1.807, 2.05) is 36.1 Å². The predicted octanol–water partition coefficient (Wildman–Crippen LogP) is 4.08. The van der Waals surface area contributed by atoms with Crippen molar-refractivity contribution < 1.29 is 19.1 Å². The number of hydrogen-bond acceptors (Lipinski definition) is 4. The first-order valence-electron chi connectivity index (χ1n) is 10.9. The van der Waals surface area contributed by atoms with Gasteiger partial charge in [0.25, 0.3) is 0 Å². The zero-order chi connectivity index (χ0) is 22.7. The van der Waals surface area contributed by atoms with Crippen LogP contribution < -0.4 is 19.7 Å². The van der Waals surface area contributed by atoms with Gasteiger partial charge in [-0.15, -0.1) is 0 Å². The van der Waals surface area contributed by atoms with Crippen LogP contribution in [0.15, 0.2) is 42.5 Å². The summed E-state index contributed by atoms with van der Waals surface area (Å²) in [6, 6.07) is 12.9.